The number of carbonyl (C=O) groups is 1. The summed E-state index contributed by atoms with van der Waals surface area (Å²) in [5.41, 5.74) is 2.79. The Kier molecular flexibility index (Phi) is 5.11. The van der Waals surface area contributed by atoms with Crippen LogP contribution < -0.4 is 15.0 Å². The number of carbonyl (C=O) groups excluding carboxylic acids is 1. The van der Waals surface area contributed by atoms with Crippen LogP contribution in [0, 0.1) is 6.92 Å². The summed E-state index contributed by atoms with van der Waals surface area (Å²) >= 11 is 0. The third-order valence-electron chi connectivity index (χ3n) is 4.28. The van der Waals surface area contributed by atoms with Crippen molar-refractivity contribution in [1.29, 1.82) is 0 Å². The fraction of sp³-hybridized carbons (Fsp3) is 0.368. The van der Waals surface area contributed by atoms with Gasteiger partial charge in [-0.3, -0.25) is 4.79 Å². The van der Waals surface area contributed by atoms with E-state index in [0.717, 1.165) is 42.9 Å². The van der Waals surface area contributed by atoms with Crippen LogP contribution in [0.5, 0.6) is 5.88 Å². The Bertz CT molecular complexity index is 718. The predicted octanol–water partition coefficient (Wildman–Crippen LogP) is 2.58. The van der Waals surface area contributed by atoms with Crippen LogP contribution in [0.25, 0.3) is 0 Å². The van der Waals surface area contributed by atoms with Crippen molar-refractivity contribution < 1.29 is 9.53 Å². The highest BCUT2D eigenvalue weighted by Crippen LogP contribution is 2.19. The number of pyridine rings is 1. The molecule has 0 spiro atoms. The fourth-order valence-corrected chi connectivity index (χ4v) is 2.91. The van der Waals surface area contributed by atoms with Gasteiger partial charge in [0, 0.05) is 37.3 Å². The predicted molar refractivity (Wildman–Crippen MR) is 94.8 cm³/mol. The maximum Gasteiger partial charge on any atom is 0.215 e. The molecule has 1 fully saturated rings. The second-order valence-corrected chi connectivity index (χ2v) is 6.23. The minimum absolute atomic E-state index is 0.444. The van der Waals surface area contributed by atoms with Crippen molar-refractivity contribution in [3.63, 3.8) is 0 Å². The molecule has 126 valence electrons. The summed E-state index contributed by atoms with van der Waals surface area (Å²) in [6, 6.07) is 12.0. The van der Waals surface area contributed by atoms with Gasteiger partial charge in [0.15, 0.2) is 0 Å². The summed E-state index contributed by atoms with van der Waals surface area (Å²) in [6.07, 6.45) is 0.858. The number of nitrogens with zero attached hydrogens (tertiary/aromatic N) is 2. The van der Waals surface area contributed by atoms with Crippen molar-refractivity contribution in [3.05, 3.63) is 53.1 Å². The molecule has 1 aliphatic heterocycles. The zero-order chi connectivity index (χ0) is 16.9. The SMILES string of the molecule is Cc1cc(C=O)ccc1COc1cccc(N2CCNC(C)C2)n1. The molecule has 0 saturated carbocycles. The quantitative estimate of drug-likeness (QED) is 0.856. The smallest absolute Gasteiger partial charge is 0.215 e. The van der Waals surface area contributed by atoms with Crippen molar-refractivity contribution in [2.75, 3.05) is 24.5 Å². The number of aryl methyl sites for hydroxylation is 1. The van der Waals surface area contributed by atoms with Crippen molar-refractivity contribution in [2.45, 2.75) is 26.5 Å². The maximum atomic E-state index is 10.8. The zero-order valence-electron chi connectivity index (χ0n) is 14.2. The van der Waals surface area contributed by atoms with E-state index in [2.05, 4.69) is 22.1 Å². The van der Waals surface area contributed by atoms with Crippen LogP contribution in [0.4, 0.5) is 5.82 Å². The third kappa shape index (κ3) is 3.92. The molecule has 1 N–H and O–H groups in total. The van der Waals surface area contributed by atoms with Gasteiger partial charge < -0.3 is 15.0 Å². The summed E-state index contributed by atoms with van der Waals surface area (Å²) in [5.74, 6) is 1.58. The van der Waals surface area contributed by atoms with Crippen molar-refractivity contribution in [2.24, 2.45) is 0 Å². The Morgan fingerprint density at radius 1 is 1.38 bits per heavy atom. The molecule has 0 amide bonds. The molecule has 2 heterocycles. The average molecular weight is 325 g/mol. The number of hydrogen-bond donors (Lipinski definition) is 1. The van der Waals surface area contributed by atoms with Crippen LogP contribution in [0.2, 0.25) is 0 Å². The van der Waals surface area contributed by atoms with Gasteiger partial charge >= 0.3 is 0 Å². The largest absolute Gasteiger partial charge is 0.473 e. The maximum absolute atomic E-state index is 10.8. The van der Waals surface area contributed by atoms with Crippen LogP contribution in [0.1, 0.15) is 28.4 Å². The van der Waals surface area contributed by atoms with Crippen molar-refractivity contribution in [1.82, 2.24) is 10.3 Å². The first kappa shape index (κ1) is 16.5. The van der Waals surface area contributed by atoms with E-state index in [1.54, 1.807) is 0 Å². The minimum Gasteiger partial charge on any atom is -0.473 e. The summed E-state index contributed by atoms with van der Waals surface area (Å²) < 4.78 is 5.86. The second-order valence-electron chi connectivity index (χ2n) is 6.23. The lowest BCUT2D eigenvalue weighted by atomic mass is 10.1. The molecule has 24 heavy (non-hydrogen) atoms. The summed E-state index contributed by atoms with van der Waals surface area (Å²) in [6.45, 7) is 7.47. The van der Waals surface area contributed by atoms with Gasteiger partial charge in [0.2, 0.25) is 5.88 Å². The molecule has 2 aromatic rings. The Morgan fingerprint density at radius 2 is 2.25 bits per heavy atom. The van der Waals surface area contributed by atoms with E-state index in [1.807, 2.05) is 43.3 Å². The highest BCUT2D eigenvalue weighted by Gasteiger charge is 2.17. The minimum atomic E-state index is 0.444. The normalized spacial score (nSPS) is 17.6. The van der Waals surface area contributed by atoms with Gasteiger partial charge in [-0.2, -0.15) is 4.98 Å². The average Bonchev–Trinajstić information content (AvgIpc) is 2.61. The van der Waals surface area contributed by atoms with E-state index < -0.39 is 0 Å². The number of piperazine rings is 1. The molecule has 0 aliphatic carbocycles. The lowest BCUT2D eigenvalue weighted by Crippen LogP contribution is -2.49. The topological polar surface area (TPSA) is 54.5 Å². The first-order valence-corrected chi connectivity index (χ1v) is 8.28. The van der Waals surface area contributed by atoms with Crippen molar-refractivity contribution >= 4 is 12.1 Å². The van der Waals surface area contributed by atoms with E-state index in [4.69, 9.17) is 4.74 Å². The molecular formula is C19H23N3O2. The van der Waals surface area contributed by atoms with Crippen LogP contribution in [0.15, 0.2) is 36.4 Å². The molecule has 1 saturated heterocycles. The molecule has 1 atom stereocenters. The standard InChI is InChI=1S/C19H23N3O2/c1-14-10-16(12-23)6-7-17(14)13-24-19-5-3-4-18(21-19)22-9-8-20-15(2)11-22/h3-7,10,12,15,20H,8-9,11,13H2,1-2H3. The van der Waals surface area contributed by atoms with Crippen LogP contribution in [-0.4, -0.2) is 36.9 Å². The number of hydrogen-bond acceptors (Lipinski definition) is 5. The molecule has 3 rings (SSSR count). The van der Waals surface area contributed by atoms with Gasteiger partial charge in [0.1, 0.15) is 18.7 Å². The molecule has 5 nitrogen and oxygen atoms in total. The number of rotatable bonds is 5. The van der Waals surface area contributed by atoms with Gasteiger partial charge in [-0.15, -0.1) is 0 Å². The second kappa shape index (κ2) is 7.45. The highest BCUT2D eigenvalue weighted by atomic mass is 16.5. The molecule has 1 aromatic heterocycles. The van der Waals surface area contributed by atoms with Gasteiger partial charge in [-0.05, 0) is 37.1 Å². The van der Waals surface area contributed by atoms with E-state index in [-0.39, 0.29) is 0 Å². The molecule has 0 radical (unpaired) electrons. The molecule has 1 unspecified atom stereocenters. The van der Waals surface area contributed by atoms with E-state index in [9.17, 15) is 4.79 Å². The van der Waals surface area contributed by atoms with Gasteiger partial charge in [0.05, 0.1) is 0 Å². The van der Waals surface area contributed by atoms with Gasteiger partial charge in [-0.1, -0.05) is 18.2 Å². The third-order valence-corrected chi connectivity index (χ3v) is 4.28. The monoisotopic (exact) mass is 325 g/mol. The van der Waals surface area contributed by atoms with Crippen LogP contribution in [-0.2, 0) is 6.61 Å². The zero-order valence-corrected chi connectivity index (χ0v) is 14.2. The van der Waals surface area contributed by atoms with E-state index in [0.29, 0.717) is 24.1 Å². The Morgan fingerprint density at radius 3 is 3.00 bits per heavy atom. The van der Waals surface area contributed by atoms with Gasteiger partial charge in [0.25, 0.3) is 0 Å². The van der Waals surface area contributed by atoms with Crippen molar-refractivity contribution in [3.8, 4) is 5.88 Å². The lowest BCUT2D eigenvalue weighted by Gasteiger charge is -2.32. The fourth-order valence-electron chi connectivity index (χ4n) is 2.91. The summed E-state index contributed by atoms with van der Waals surface area (Å²) in [5, 5.41) is 3.43. The molecule has 5 heteroatoms. The Labute approximate surface area is 142 Å². The van der Waals surface area contributed by atoms with E-state index >= 15 is 0 Å². The molecular weight excluding hydrogens is 302 g/mol. The first-order chi connectivity index (χ1) is 11.7. The number of nitrogens with one attached hydrogen (secondary N) is 1. The number of benzene rings is 1. The molecule has 1 aliphatic rings. The molecule has 1 aromatic carbocycles. The number of aromatic nitrogens is 1. The van der Waals surface area contributed by atoms with Gasteiger partial charge in [-0.25, -0.2) is 0 Å². The Balaban J connectivity index is 1.67. The number of anilines is 1. The number of ether oxygens (including phenoxy) is 1. The number of aldehydes is 1. The lowest BCUT2D eigenvalue weighted by molar-refractivity contribution is 0.112. The Hall–Kier alpha value is -2.40. The van der Waals surface area contributed by atoms with E-state index in [1.165, 1.54) is 0 Å². The van der Waals surface area contributed by atoms with Crippen LogP contribution in [0.3, 0.4) is 0 Å². The summed E-state index contributed by atoms with van der Waals surface area (Å²) in [7, 11) is 0. The summed E-state index contributed by atoms with van der Waals surface area (Å²) in [4.78, 5) is 17.7. The molecule has 0 bridgehead atoms. The first-order valence-electron chi connectivity index (χ1n) is 8.28. The van der Waals surface area contributed by atoms with Crippen LogP contribution >= 0.6 is 0 Å². The highest BCUT2D eigenvalue weighted by molar-refractivity contribution is 5.75.